The van der Waals surface area contributed by atoms with Crippen molar-refractivity contribution >= 4 is 0 Å². The molecule has 0 saturated carbocycles. The van der Waals surface area contributed by atoms with E-state index >= 15 is 0 Å². The van der Waals surface area contributed by atoms with Gasteiger partial charge in [0.15, 0.2) is 0 Å². The zero-order valence-corrected chi connectivity index (χ0v) is 11.2. The van der Waals surface area contributed by atoms with Gasteiger partial charge in [0.2, 0.25) is 0 Å². The second-order valence-corrected chi connectivity index (χ2v) is 4.92. The third kappa shape index (κ3) is 4.81. The number of ether oxygens (including phenoxy) is 1. The van der Waals surface area contributed by atoms with E-state index < -0.39 is 0 Å². The second-order valence-electron chi connectivity index (χ2n) is 4.92. The summed E-state index contributed by atoms with van der Waals surface area (Å²) in [7, 11) is 1.79. The van der Waals surface area contributed by atoms with Crippen molar-refractivity contribution in [3.8, 4) is 0 Å². The molecule has 0 bridgehead atoms. The molecule has 1 aliphatic heterocycles. The standard InChI is InChI=1S/C13H28N2O/c1-4-15(12(2)11-16-3)10-7-13-5-8-14-9-6-13/h12-14H,4-11H2,1-3H3. The molecule has 0 aromatic rings. The lowest BCUT2D eigenvalue weighted by molar-refractivity contribution is 0.0970. The minimum Gasteiger partial charge on any atom is -0.383 e. The molecule has 1 aliphatic rings. The number of piperidine rings is 1. The van der Waals surface area contributed by atoms with Crippen molar-refractivity contribution < 1.29 is 4.74 Å². The summed E-state index contributed by atoms with van der Waals surface area (Å²) in [6.45, 7) is 10.1. The van der Waals surface area contributed by atoms with Crippen molar-refractivity contribution in [2.45, 2.75) is 39.2 Å². The van der Waals surface area contributed by atoms with Gasteiger partial charge in [0.05, 0.1) is 6.61 Å². The van der Waals surface area contributed by atoms with Gasteiger partial charge in [-0.1, -0.05) is 6.92 Å². The van der Waals surface area contributed by atoms with Crippen molar-refractivity contribution in [3.63, 3.8) is 0 Å². The van der Waals surface area contributed by atoms with Crippen LogP contribution >= 0.6 is 0 Å². The predicted octanol–water partition coefficient (Wildman–Crippen LogP) is 1.73. The van der Waals surface area contributed by atoms with Gasteiger partial charge in [-0.25, -0.2) is 0 Å². The molecule has 1 saturated heterocycles. The van der Waals surface area contributed by atoms with E-state index in [0.29, 0.717) is 6.04 Å². The maximum atomic E-state index is 5.23. The topological polar surface area (TPSA) is 24.5 Å². The summed E-state index contributed by atoms with van der Waals surface area (Å²) in [5, 5.41) is 3.43. The number of nitrogens with one attached hydrogen (secondary N) is 1. The predicted molar refractivity (Wildman–Crippen MR) is 68.8 cm³/mol. The van der Waals surface area contributed by atoms with Crippen LogP contribution in [0.1, 0.15) is 33.1 Å². The van der Waals surface area contributed by atoms with Crippen LogP contribution in [-0.2, 0) is 4.74 Å². The highest BCUT2D eigenvalue weighted by Gasteiger charge is 2.16. The van der Waals surface area contributed by atoms with E-state index in [9.17, 15) is 0 Å². The summed E-state index contributed by atoms with van der Waals surface area (Å²) in [4.78, 5) is 2.53. The minimum absolute atomic E-state index is 0.553. The third-order valence-corrected chi connectivity index (χ3v) is 3.72. The zero-order valence-electron chi connectivity index (χ0n) is 11.2. The first kappa shape index (κ1) is 13.9. The minimum atomic E-state index is 0.553. The van der Waals surface area contributed by atoms with Crippen LogP contribution in [-0.4, -0.2) is 50.8 Å². The number of nitrogens with zero attached hydrogens (tertiary/aromatic N) is 1. The highest BCUT2D eigenvalue weighted by atomic mass is 16.5. The summed E-state index contributed by atoms with van der Waals surface area (Å²) in [5.74, 6) is 0.935. The number of hydrogen-bond donors (Lipinski definition) is 1. The van der Waals surface area contributed by atoms with E-state index in [1.165, 1.54) is 38.9 Å². The summed E-state index contributed by atoms with van der Waals surface area (Å²) in [5.41, 5.74) is 0. The Morgan fingerprint density at radius 1 is 1.38 bits per heavy atom. The lowest BCUT2D eigenvalue weighted by Crippen LogP contribution is -2.38. The van der Waals surface area contributed by atoms with Crippen molar-refractivity contribution in [1.29, 1.82) is 0 Å². The first-order chi connectivity index (χ1) is 7.77. The fourth-order valence-electron chi connectivity index (χ4n) is 2.56. The van der Waals surface area contributed by atoms with E-state index in [1.807, 2.05) is 0 Å². The lowest BCUT2D eigenvalue weighted by atomic mass is 9.94. The van der Waals surface area contributed by atoms with Crippen LogP contribution < -0.4 is 5.32 Å². The van der Waals surface area contributed by atoms with Crippen LogP contribution in [0.4, 0.5) is 0 Å². The molecule has 0 radical (unpaired) electrons. The molecule has 16 heavy (non-hydrogen) atoms. The van der Waals surface area contributed by atoms with Crippen molar-refractivity contribution in [2.75, 3.05) is 39.9 Å². The van der Waals surface area contributed by atoms with Crippen LogP contribution in [0.15, 0.2) is 0 Å². The van der Waals surface area contributed by atoms with Gasteiger partial charge in [-0.3, -0.25) is 4.90 Å². The molecule has 3 nitrogen and oxygen atoms in total. The van der Waals surface area contributed by atoms with Gasteiger partial charge in [-0.05, 0) is 58.3 Å². The van der Waals surface area contributed by atoms with Crippen molar-refractivity contribution in [2.24, 2.45) is 5.92 Å². The second kappa shape index (κ2) is 8.04. The zero-order chi connectivity index (χ0) is 11.8. The van der Waals surface area contributed by atoms with Gasteiger partial charge in [0.1, 0.15) is 0 Å². The average molecular weight is 228 g/mol. The van der Waals surface area contributed by atoms with Crippen molar-refractivity contribution in [3.05, 3.63) is 0 Å². The maximum absolute atomic E-state index is 5.23. The number of rotatable bonds is 7. The number of methoxy groups -OCH3 is 1. The molecule has 3 heteroatoms. The first-order valence-corrected chi connectivity index (χ1v) is 6.71. The number of likely N-dealkylation sites (N-methyl/N-ethyl adjacent to an activating group) is 1. The Hall–Kier alpha value is -0.120. The van der Waals surface area contributed by atoms with Gasteiger partial charge in [-0.15, -0.1) is 0 Å². The van der Waals surface area contributed by atoms with Gasteiger partial charge in [0, 0.05) is 13.2 Å². The van der Waals surface area contributed by atoms with E-state index in [2.05, 4.69) is 24.1 Å². The molecule has 0 aromatic carbocycles. The average Bonchev–Trinajstić information content (AvgIpc) is 2.31. The molecular formula is C13H28N2O. The van der Waals surface area contributed by atoms with Gasteiger partial charge in [0.25, 0.3) is 0 Å². The Morgan fingerprint density at radius 2 is 2.06 bits per heavy atom. The molecule has 0 spiro atoms. The summed E-state index contributed by atoms with van der Waals surface area (Å²) in [6.07, 6.45) is 4.07. The monoisotopic (exact) mass is 228 g/mol. The Kier molecular flexibility index (Phi) is 7.01. The third-order valence-electron chi connectivity index (χ3n) is 3.72. The quantitative estimate of drug-likeness (QED) is 0.718. The maximum Gasteiger partial charge on any atom is 0.0615 e. The molecule has 0 aliphatic carbocycles. The normalized spacial score (nSPS) is 20.2. The van der Waals surface area contributed by atoms with Crippen LogP contribution in [0.25, 0.3) is 0 Å². The molecule has 1 heterocycles. The van der Waals surface area contributed by atoms with E-state index in [4.69, 9.17) is 4.74 Å². The Labute approximate surface area is 101 Å². The Balaban J connectivity index is 2.21. The van der Waals surface area contributed by atoms with Gasteiger partial charge >= 0.3 is 0 Å². The molecule has 1 N–H and O–H groups in total. The highest BCUT2D eigenvalue weighted by Crippen LogP contribution is 2.17. The fourth-order valence-corrected chi connectivity index (χ4v) is 2.56. The molecule has 1 fully saturated rings. The Morgan fingerprint density at radius 3 is 2.62 bits per heavy atom. The van der Waals surface area contributed by atoms with E-state index in [-0.39, 0.29) is 0 Å². The van der Waals surface area contributed by atoms with Crippen LogP contribution in [0.2, 0.25) is 0 Å². The van der Waals surface area contributed by atoms with E-state index in [1.54, 1.807) is 7.11 Å². The molecule has 0 amide bonds. The molecule has 96 valence electrons. The highest BCUT2D eigenvalue weighted by molar-refractivity contribution is 4.72. The van der Waals surface area contributed by atoms with Gasteiger partial charge < -0.3 is 10.1 Å². The lowest BCUT2D eigenvalue weighted by Gasteiger charge is -2.30. The first-order valence-electron chi connectivity index (χ1n) is 6.71. The van der Waals surface area contributed by atoms with Crippen LogP contribution in [0, 0.1) is 5.92 Å². The summed E-state index contributed by atoms with van der Waals surface area (Å²) < 4.78 is 5.23. The SMILES string of the molecule is CCN(CCC1CCNCC1)C(C)COC. The smallest absolute Gasteiger partial charge is 0.0615 e. The summed E-state index contributed by atoms with van der Waals surface area (Å²) >= 11 is 0. The summed E-state index contributed by atoms with van der Waals surface area (Å²) in [6, 6.07) is 0.553. The van der Waals surface area contributed by atoms with Crippen LogP contribution in [0.5, 0.6) is 0 Å². The molecule has 0 aromatic heterocycles. The molecule has 1 atom stereocenters. The van der Waals surface area contributed by atoms with Crippen molar-refractivity contribution in [1.82, 2.24) is 10.2 Å². The fraction of sp³-hybridized carbons (Fsp3) is 1.00. The van der Waals surface area contributed by atoms with E-state index in [0.717, 1.165) is 19.1 Å². The molecule has 1 rings (SSSR count). The molecule has 1 unspecified atom stereocenters. The Bertz CT molecular complexity index is 169. The van der Waals surface area contributed by atoms with Crippen LogP contribution in [0.3, 0.4) is 0 Å². The largest absolute Gasteiger partial charge is 0.383 e. The number of hydrogen-bond acceptors (Lipinski definition) is 3. The molecular weight excluding hydrogens is 200 g/mol. The van der Waals surface area contributed by atoms with Gasteiger partial charge in [-0.2, -0.15) is 0 Å².